The molecule has 0 saturated carbocycles. The second kappa shape index (κ2) is 6.44. The van der Waals surface area contributed by atoms with Crippen LogP contribution in [0.1, 0.15) is 34.6 Å². The molecule has 6 heteroatoms. The number of nitrogens with zero attached hydrogens (tertiary/aromatic N) is 3. The normalized spacial score (nSPS) is 22.6. The van der Waals surface area contributed by atoms with Crippen LogP contribution >= 0.6 is 15.9 Å². The number of rotatable bonds is 1. The maximum absolute atomic E-state index is 12.3. The number of pyridine rings is 1. The van der Waals surface area contributed by atoms with Crippen molar-refractivity contribution < 1.29 is 9.53 Å². The largest absolute Gasteiger partial charge is 0.444 e. The van der Waals surface area contributed by atoms with Gasteiger partial charge in [0.05, 0.1) is 0 Å². The molecule has 0 bridgehead atoms. The zero-order chi connectivity index (χ0) is 16.5. The molecule has 1 saturated heterocycles. The second-order valence-electron chi connectivity index (χ2n) is 6.83. The Bertz CT molecular complexity index is 515. The number of carbonyl (C=O) groups excluding carboxylic acids is 1. The van der Waals surface area contributed by atoms with Gasteiger partial charge in [-0.1, -0.05) is 0 Å². The van der Waals surface area contributed by atoms with E-state index in [1.165, 1.54) is 0 Å². The molecular formula is C16H24BrN3O2. The summed E-state index contributed by atoms with van der Waals surface area (Å²) in [6, 6.07) is 4.36. The van der Waals surface area contributed by atoms with Crippen LogP contribution in [0.15, 0.2) is 22.8 Å². The molecule has 1 fully saturated rings. The average molecular weight is 370 g/mol. The van der Waals surface area contributed by atoms with Crippen LogP contribution in [0.25, 0.3) is 0 Å². The Labute approximate surface area is 140 Å². The van der Waals surface area contributed by atoms with Crippen LogP contribution in [-0.4, -0.2) is 46.8 Å². The van der Waals surface area contributed by atoms with Crippen molar-refractivity contribution in [3.8, 4) is 0 Å². The molecular weight excluding hydrogens is 346 g/mol. The number of hydrogen-bond acceptors (Lipinski definition) is 4. The van der Waals surface area contributed by atoms with E-state index >= 15 is 0 Å². The summed E-state index contributed by atoms with van der Waals surface area (Å²) in [5.41, 5.74) is -0.464. The minimum absolute atomic E-state index is 0.185. The molecule has 0 N–H and O–H groups in total. The molecule has 0 aliphatic carbocycles. The molecule has 0 spiro atoms. The number of hydrogen-bond donors (Lipinski definition) is 0. The maximum atomic E-state index is 12.3. The van der Waals surface area contributed by atoms with Crippen LogP contribution in [0.5, 0.6) is 0 Å². The first-order valence-electron chi connectivity index (χ1n) is 7.55. The Morgan fingerprint density at radius 2 is 1.86 bits per heavy atom. The highest BCUT2D eigenvalue weighted by atomic mass is 79.9. The van der Waals surface area contributed by atoms with Gasteiger partial charge in [-0.2, -0.15) is 0 Å². The van der Waals surface area contributed by atoms with Crippen LogP contribution in [0.2, 0.25) is 0 Å². The van der Waals surface area contributed by atoms with Crippen molar-refractivity contribution in [2.75, 3.05) is 18.0 Å². The number of piperazine rings is 1. The van der Waals surface area contributed by atoms with E-state index in [4.69, 9.17) is 4.74 Å². The van der Waals surface area contributed by atoms with Crippen molar-refractivity contribution in [3.63, 3.8) is 0 Å². The minimum Gasteiger partial charge on any atom is -0.444 e. The van der Waals surface area contributed by atoms with Crippen molar-refractivity contribution in [2.45, 2.75) is 52.3 Å². The van der Waals surface area contributed by atoms with Crippen LogP contribution in [0.4, 0.5) is 10.6 Å². The predicted molar refractivity (Wildman–Crippen MR) is 91.1 cm³/mol. The molecule has 122 valence electrons. The molecule has 0 radical (unpaired) electrons. The van der Waals surface area contributed by atoms with Gasteiger partial charge in [-0.3, -0.25) is 0 Å². The SMILES string of the molecule is C[C@@H]1CN(C(=O)OC(C)(C)C)C[C@H](C)N1c1ccc(Br)cn1. The highest BCUT2D eigenvalue weighted by Crippen LogP contribution is 2.25. The van der Waals surface area contributed by atoms with Crippen LogP contribution in [0, 0.1) is 0 Å². The fourth-order valence-corrected chi connectivity index (χ4v) is 3.01. The fraction of sp³-hybridized carbons (Fsp3) is 0.625. The first-order valence-corrected chi connectivity index (χ1v) is 8.34. The number of amides is 1. The average Bonchev–Trinajstić information content (AvgIpc) is 2.38. The van der Waals surface area contributed by atoms with Gasteiger partial charge in [-0.05, 0) is 62.7 Å². The number of carbonyl (C=O) groups is 1. The monoisotopic (exact) mass is 369 g/mol. The summed E-state index contributed by atoms with van der Waals surface area (Å²) in [6.45, 7) is 11.2. The molecule has 2 rings (SSSR count). The summed E-state index contributed by atoms with van der Waals surface area (Å²) in [5.74, 6) is 0.937. The lowest BCUT2D eigenvalue weighted by atomic mass is 10.1. The predicted octanol–water partition coefficient (Wildman–Crippen LogP) is 3.68. The van der Waals surface area contributed by atoms with E-state index in [0.29, 0.717) is 13.1 Å². The Morgan fingerprint density at radius 3 is 2.32 bits per heavy atom. The number of halogens is 1. The van der Waals surface area contributed by atoms with E-state index in [9.17, 15) is 4.79 Å². The summed E-state index contributed by atoms with van der Waals surface area (Å²) in [5, 5.41) is 0. The van der Waals surface area contributed by atoms with Crippen molar-refractivity contribution in [2.24, 2.45) is 0 Å². The van der Waals surface area contributed by atoms with E-state index in [1.807, 2.05) is 32.9 Å². The Hall–Kier alpha value is -1.30. The topological polar surface area (TPSA) is 45.7 Å². The summed E-state index contributed by atoms with van der Waals surface area (Å²) in [7, 11) is 0. The van der Waals surface area contributed by atoms with Gasteiger partial charge in [0.25, 0.3) is 0 Å². The van der Waals surface area contributed by atoms with Gasteiger partial charge in [0.1, 0.15) is 11.4 Å². The molecule has 1 aliphatic heterocycles. The Kier molecular flexibility index (Phi) is 5.00. The molecule has 0 aromatic carbocycles. The molecule has 1 amide bonds. The number of aromatic nitrogens is 1. The molecule has 0 unspecified atom stereocenters. The van der Waals surface area contributed by atoms with E-state index in [-0.39, 0.29) is 18.2 Å². The van der Waals surface area contributed by atoms with Crippen molar-refractivity contribution in [3.05, 3.63) is 22.8 Å². The first kappa shape index (κ1) is 17.1. The van der Waals surface area contributed by atoms with Crippen molar-refractivity contribution in [1.29, 1.82) is 0 Å². The zero-order valence-corrected chi connectivity index (χ0v) is 15.4. The third-order valence-corrected chi connectivity index (χ3v) is 4.02. The van der Waals surface area contributed by atoms with Gasteiger partial charge in [0.15, 0.2) is 0 Å². The molecule has 1 aromatic heterocycles. The smallest absolute Gasteiger partial charge is 0.410 e. The van der Waals surface area contributed by atoms with Crippen molar-refractivity contribution in [1.82, 2.24) is 9.88 Å². The number of ether oxygens (including phenoxy) is 1. The van der Waals surface area contributed by atoms with E-state index in [0.717, 1.165) is 10.3 Å². The summed E-state index contributed by atoms with van der Waals surface area (Å²) < 4.78 is 6.44. The summed E-state index contributed by atoms with van der Waals surface area (Å²) in [4.78, 5) is 20.8. The van der Waals surface area contributed by atoms with Gasteiger partial charge in [-0.15, -0.1) is 0 Å². The zero-order valence-electron chi connectivity index (χ0n) is 13.8. The Balaban J connectivity index is 2.09. The van der Waals surface area contributed by atoms with Gasteiger partial charge in [0.2, 0.25) is 0 Å². The highest BCUT2D eigenvalue weighted by Gasteiger charge is 2.34. The standard InChI is InChI=1S/C16H24BrN3O2/c1-11-9-19(15(21)22-16(3,4)5)10-12(2)20(11)14-7-6-13(17)8-18-14/h6-8,11-12H,9-10H2,1-5H3/t11-,12+. The molecule has 2 heterocycles. The van der Waals surface area contributed by atoms with Gasteiger partial charge < -0.3 is 14.5 Å². The summed E-state index contributed by atoms with van der Waals surface area (Å²) in [6.07, 6.45) is 1.56. The molecule has 22 heavy (non-hydrogen) atoms. The second-order valence-corrected chi connectivity index (χ2v) is 7.74. The van der Waals surface area contributed by atoms with Gasteiger partial charge in [0, 0.05) is 35.8 Å². The molecule has 2 atom stereocenters. The molecule has 1 aromatic rings. The quantitative estimate of drug-likeness (QED) is 0.757. The van der Waals surface area contributed by atoms with Crippen LogP contribution in [0.3, 0.4) is 0 Å². The molecule has 1 aliphatic rings. The van der Waals surface area contributed by atoms with E-state index in [2.05, 4.69) is 39.7 Å². The van der Waals surface area contributed by atoms with Crippen LogP contribution in [-0.2, 0) is 4.74 Å². The lowest BCUT2D eigenvalue weighted by Crippen LogP contribution is -2.59. The van der Waals surface area contributed by atoms with Crippen LogP contribution < -0.4 is 4.90 Å². The lowest BCUT2D eigenvalue weighted by molar-refractivity contribution is 0.0192. The fourth-order valence-electron chi connectivity index (χ4n) is 2.77. The van der Waals surface area contributed by atoms with Gasteiger partial charge in [-0.25, -0.2) is 9.78 Å². The maximum Gasteiger partial charge on any atom is 0.410 e. The van der Waals surface area contributed by atoms with Crippen molar-refractivity contribution >= 4 is 27.8 Å². The molecule has 5 nitrogen and oxygen atoms in total. The van der Waals surface area contributed by atoms with E-state index < -0.39 is 5.60 Å². The third-order valence-electron chi connectivity index (χ3n) is 3.55. The minimum atomic E-state index is -0.464. The summed E-state index contributed by atoms with van der Waals surface area (Å²) >= 11 is 3.41. The number of anilines is 1. The highest BCUT2D eigenvalue weighted by molar-refractivity contribution is 9.10. The Morgan fingerprint density at radius 1 is 1.27 bits per heavy atom. The first-order chi connectivity index (χ1) is 10.2. The van der Waals surface area contributed by atoms with Gasteiger partial charge >= 0.3 is 6.09 Å². The lowest BCUT2D eigenvalue weighted by Gasteiger charge is -2.45. The third kappa shape index (κ3) is 4.12. The van der Waals surface area contributed by atoms with E-state index in [1.54, 1.807) is 11.1 Å².